The number of hydrogen-bond acceptors (Lipinski definition) is 3. The molecule has 2 aromatic carbocycles. The van der Waals surface area contributed by atoms with Gasteiger partial charge in [0.1, 0.15) is 11.4 Å². The summed E-state index contributed by atoms with van der Waals surface area (Å²) in [6, 6.07) is 13.5. The van der Waals surface area contributed by atoms with E-state index in [1.165, 1.54) is 5.56 Å². The summed E-state index contributed by atoms with van der Waals surface area (Å²) in [5.74, 6) is 0.645. The summed E-state index contributed by atoms with van der Waals surface area (Å²) in [5, 5.41) is 14.1. The van der Waals surface area contributed by atoms with Gasteiger partial charge in [-0.2, -0.15) is 0 Å². The summed E-state index contributed by atoms with van der Waals surface area (Å²) in [6.45, 7) is 2.35. The highest BCUT2D eigenvalue weighted by atomic mass is 16.5. The van der Waals surface area contributed by atoms with Crippen LogP contribution in [0.1, 0.15) is 53.2 Å². The summed E-state index contributed by atoms with van der Waals surface area (Å²) in [4.78, 5) is 12.5. The van der Waals surface area contributed by atoms with E-state index in [1.807, 2.05) is 42.5 Å². The number of benzene rings is 2. The van der Waals surface area contributed by atoms with Crippen molar-refractivity contribution in [2.75, 3.05) is 13.7 Å². The van der Waals surface area contributed by atoms with Crippen LogP contribution in [0.3, 0.4) is 0 Å². The molecule has 1 unspecified atom stereocenters. The van der Waals surface area contributed by atoms with Crippen molar-refractivity contribution in [2.45, 2.75) is 44.6 Å². The third-order valence-corrected chi connectivity index (χ3v) is 5.15. The maximum Gasteiger partial charge on any atom is 0.251 e. The van der Waals surface area contributed by atoms with Gasteiger partial charge in [0.25, 0.3) is 5.91 Å². The minimum Gasteiger partial charge on any atom is -0.497 e. The predicted molar refractivity (Wildman–Crippen MR) is 103 cm³/mol. The topological polar surface area (TPSA) is 58.6 Å². The van der Waals surface area contributed by atoms with Crippen LogP contribution in [-0.2, 0) is 18.4 Å². The molecule has 0 aliphatic heterocycles. The lowest BCUT2D eigenvalue weighted by Gasteiger charge is -2.35. The summed E-state index contributed by atoms with van der Waals surface area (Å²) in [5.41, 5.74) is 2.81. The van der Waals surface area contributed by atoms with Crippen LogP contribution in [0.25, 0.3) is 0 Å². The van der Waals surface area contributed by atoms with Crippen LogP contribution < -0.4 is 10.1 Å². The highest BCUT2D eigenvalue weighted by Crippen LogP contribution is 2.36. The van der Waals surface area contributed by atoms with Gasteiger partial charge in [-0.1, -0.05) is 31.5 Å². The van der Waals surface area contributed by atoms with E-state index in [-0.39, 0.29) is 12.5 Å². The SMILES string of the molecule is CCCc1ccc(C(=O)NCC2(O)CCCc3cc(OC)ccc32)cc1. The largest absolute Gasteiger partial charge is 0.497 e. The monoisotopic (exact) mass is 353 g/mol. The normalized spacial score (nSPS) is 18.9. The molecule has 2 N–H and O–H groups in total. The second-order valence-electron chi connectivity index (χ2n) is 7.04. The Bertz CT molecular complexity index is 769. The lowest BCUT2D eigenvalue weighted by atomic mass is 9.79. The van der Waals surface area contributed by atoms with E-state index < -0.39 is 5.60 Å². The fourth-order valence-electron chi connectivity index (χ4n) is 3.69. The highest BCUT2D eigenvalue weighted by molar-refractivity contribution is 5.94. The average molecular weight is 353 g/mol. The molecule has 0 bridgehead atoms. The van der Waals surface area contributed by atoms with Gasteiger partial charge in [0.15, 0.2) is 0 Å². The van der Waals surface area contributed by atoms with Crippen LogP contribution >= 0.6 is 0 Å². The van der Waals surface area contributed by atoms with Crippen LogP contribution in [0.5, 0.6) is 5.75 Å². The molecule has 138 valence electrons. The van der Waals surface area contributed by atoms with Crippen LogP contribution in [-0.4, -0.2) is 24.7 Å². The zero-order valence-corrected chi connectivity index (χ0v) is 15.5. The van der Waals surface area contributed by atoms with Crippen LogP contribution in [0.2, 0.25) is 0 Å². The molecule has 0 aromatic heterocycles. The Morgan fingerprint density at radius 2 is 2.00 bits per heavy atom. The third-order valence-electron chi connectivity index (χ3n) is 5.15. The van der Waals surface area contributed by atoms with Crippen LogP contribution in [0.4, 0.5) is 0 Å². The molecule has 0 saturated heterocycles. The Hall–Kier alpha value is -2.33. The Morgan fingerprint density at radius 1 is 1.23 bits per heavy atom. The third kappa shape index (κ3) is 3.91. The zero-order valence-electron chi connectivity index (χ0n) is 15.5. The molecule has 26 heavy (non-hydrogen) atoms. The number of aliphatic hydroxyl groups is 1. The smallest absolute Gasteiger partial charge is 0.251 e. The minimum atomic E-state index is -1.03. The van der Waals surface area contributed by atoms with Gasteiger partial charge in [-0.05, 0) is 66.6 Å². The molecule has 1 aliphatic carbocycles. The van der Waals surface area contributed by atoms with E-state index in [1.54, 1.807) is 7.11 Å². The van der Waals surface area contributed by atoms with E-state index in [2.05, 4.69) is 12.2 Å². The Balaban J connectivity index is 1.70. The first-order valence-electron chi connectivity index (χ1n) is 9.32. The predicted octanol–water partition coefficient (Wildman–Crippen LogP) is 3.60. The van der Waals surface area contributed by atoms with Gasteiger partial charge in [-0.3, -0.25) is 4.79 Å². The van der Waals surface area contributed by atoms with Crippen molar-refractivity contribution >= 4 is 5.91 Å². The number of hydrogen-bond donors (Lipinski definition) is 2. The summed E-state index contributed by atoms with van der Waals surface area (Å²) in [6.07, 6.45) is 4.55. The van der Waals surface area contributed by atoms with Crippen molar-refractivity contribution in [2.24, 2.45) is 0 Å². The number of ether oxygens (including phenoxy) is 1. The Labute approximate surface area is 155 Å². The molecular formula is C22H27NO3. The first kappa shape index (κ1) is 18.5. The standard InChI is InChI=1S/C22H27NO3/c1-3-5-16-7-9-17(10-8-16)21(24)23-15-22(25)13-4-6-18-14-19(26-2)11-12-20(18)22/h7-12,14,25H,3-6,13,15H2,1-2H3,(H,23,24). The second kappa shape index (κ2) is 7.92. The summed E-state index contributed by atoms with van der Waals surface area (Å²) in [7, 11) is 1.64. The number of carbonyl (C=O) groups is 1. The van der Waals surface area contributed by atoms with Crippen molar-refractivity contribution in [3.05, 3.63) is 64.7 Å². The molecule has 4 nitrogen and oxygen atoms in total. The first-order chi connectivity index (χ1) is 12.6. The molecule has 1 amide bonds. The number of methoxy groups -OCH3 is 1. The molecule has 2 aromatic rings. The van der Waals surface area contributed by atoms with Gasteiger partial charge in [-0.25, -0.2) is 0 Å². The van der Waals surface area contributed by atoms with Gasteiger partial charge < -0.3 is 15.2 Å². The molecule has 0 saturated carbocycles. The molecule has 1 atom stereocenters. The van der Waals surface area contributed by atoms with E-state index in [0.29, 0.717) is 12.0 Å². The van der Waals surface area contributed by atoms with E-state index in [0.717, 1.165) is 42.6 Å². The second-order valence-corrected chi connectivity index (χ2v) is 7.04. The van der Waals surface area contributed by atoms with Gasteiger partial charge >= 0.3 is 0 Å². The Morgan fingerprint density at radius 3 is 2.69 bits per heavy atom. The van der Waals surface area contributed by atoms with Crippen LogP contribution in [0.15, 0.2) is 42.5 Å². The van der Waals surface area contributed by atoms with Gasteiger partial charge in [0, 0.05) is 5.56 Å². The molecule has 0 radical (unpaired) electrons. The number of amides is 1. The number of aryl methyl sites for hydroxylation is 2. The summed E-state index contributed by atoms with van der Waals surface area (Å²) < 4.78 is 5.28. The average Bonchev–Trinajstić information content (AvgIpc) is 2.67. The lowest BCUT2D eigenvalue weighted by molar-refractivity contribution is 0.0189. The van der Waals surface area contributed by atoms with Crippen molar-refractivity contribution < 1.29 is 14.6 Å². The quantitative estimate of drug-likeness (QED) is 0.834. The van der Waals surface area contributed by atoms with Crippen LogP contribution in [0, 0.1) is 0 Å². The molecule has 0 heterocycles. The fourth-order valence-corrected chi connectivity index (χ4v) is 3.69. The van der Waals surface area contributed by atoms with Crippen molar-refractivity contribution in [1.29, 1.82) is 0 Å². The Kier molecular flexibility index (Phi) is 5.62. The molecule has 3 rings (SSSR count). The minimum absolute atomic E-state index is 0.151. The van der Waals surface area contributed by atoms with Gasteiger partial charge in [0.2, 0.25) is 0 Å². The maximum absolute atomic E-state index is 12.5. The van der Waals surface area contributed by atoms with Crippen molar-refractivity contribution in [3.8, 4) is 5.75 Å². The van der Waals surface area contributed by atoms with Gasteiger partial charge in [-0.15, -0.1) is 0 Å². The van der Waals surface area contributed by atoms with E-state index in [9.17, 15) is 9.90 Å². The molecule has 0 fully saturated rings. The van der Waals surface area contributed by atoms with E-state index >= 15 is 0 Å². The van der Waals surface area contributed by atoms with Gasteiger partial charge in [0.05, 0.1) is 13.7 Å². The van der Waals surface area contributed by atoms with Crippen molar-refractivity contribution in [3.63, 3.8) is 0 Å². The zero-order chi connectivity index (χ0) is 18.6. The molecule has 1 aliphatic rings. The summed E-state index contributed by atoms with van der Waals surface area (Å²) >= 11 is 0. The van der Waals surface area contributed by atoms with E-state index in [4.69, 9.17) is 4.74 Å². The molecule has 4 heteroatoms. The van der Waals surface area contributed by atoms with Crippen molar-refractivity contribution in [1.82, 2.24) is 5.32 Å². The lowest BCUT2D eigenvalue weighted by Crippen LogP contribution is -2.43. The number of carbonyl (C=O) groups excluding carboxylic acids is 1. The molecular weight excluding hydrogens is 326 g/mol. The maximum atomic E-state index is 12.5. The number of nitrogens with one attached hydrogen (secondary N) is 1. The molecule has 0 spiro atoms. The number of rotatable bonds is 6. The fraction of sp³-hybridized carbons (Fsp3) is 0.409. The highest BCUT2D eigenvalue weighted by Gasteiger charge is 2.34. The number of fused-ring (bicyclic) bond motifs is 1. The first-order valence-corrected chi connectivity index (χ1v) is 9.32.